The van der Waals surface area contributed by atoms with E-state index in [4.69, 9.17) is 13.0 Å². The molecule has 29 heavy (non-hydrogen) atoms. The van der Waals surface area contributed by atoms with Crippen LogP contribution < -0.4 is 0 Å². The number of aryl methyl sites for hydroxylation is 1. The van der Waals surface area contributed by atoms with Crippen LogP contribution in [0.5, 0.6) is 0 Å². The zero-order valence-corrected chi connectivity index (χ0v) is 22.8. The molecule has 166 valence electrons. The normalized spacial score (nSPS) is 17.5. The number of hydrogen-bond acceptors (Lipinski definition) is 5. The lowest BCUT2D eigenvalue weighted by atomic mass is 10.2. The number of rotatable bonds is 9. The minimum atomic E-state index is -3.45. The van der Waals surface area contributed by atoms with Crippen molar-refractivity contribution in [3.63, 3.8) is 0 Å². The molecule has 1 aliphatic heterocycles. The summed E-state index contributed by atoms with van der Waals surface area (Å²) in [6, 6.07) is 8.16. The van der Waals surface area contributed by atoms with Gasteiger partial charge in [-0.1, -0.05) is 12.1 Å². The number of nitrogens with zero attached hydrogens (tertiary/aromatic N) is 1. The molecular weight excluding hydrogens is 439 g/mol. The van der Waals surface area contributed by atoms with Gasteiger partial charge in [-0.05, 0) is 76.0 Å². The highest BCUT2D eigenvalue weighted by atomic mass is 32.2. The van der Waals surface area contributed by atoms with E-state index < -0.39 is 35.2 Å². The summed E-state index contributed by atoms with van der Waals surface area (Å²) in [5, 5.41) is 0. The molecule has 0 unspecified atom stereocenters. The number of morpholine rings is 1. The predicted molar refractivity (Wildman–Crippen MR) is 125 cm³/mol. The Labute approximate surface area is 180 Å². The van der Waals surface area contributed by atoms with Gasteiger partial charge >= 0.3 is 8.56 Å². The van der Waals surface area contributed by atoms with Crippen molar-refractivity contribution in [3.8, 4) is 0 Å². The standard InChI is InChI=1S/C19H37NO5SSi3/c1-27(2,3)24-29(7,25-28(4,5)6)17-12-18-8-10-19(11-9-18)26(21,22)20-13-15-23-16-14-20/h8-11H,12-17H2,1-7H3. The van der Waals surface area contributed by atoms with Crippen LogP contribution in [0.2, 0.25) is 51.9 Å². The van der Waals surface area contributed by atoms with Crippen molar-refractivity contribution in [1.29, 1.82) is 0 Å². The average molecular weight is 476 g/mol. The molecule has 0 aliphatic carbocycles. The second kappa shape index (κ2) is 9.43. The minimum absolute atomic E-state index is 0.347. The lowest BCUT2D eigenvalue weighted by molar-refractivity contribution is 0.0730. The van der Waals surface area contributed by atoms with E-state index in [-0.39, 0.29) is 0 Å². The van der Waals surface area contributed by atoms with Crippen molar-refractivity contribution in [2.24, 2.45) is 0 Å². The first-order chi connectivity index (χ1) is 13.2. The van der Waals surface area contributed by atoms with Crippen LogP contribution in [0.15, 0.2) is 29.2 Å². The van der Waals surface area contributed by atoms with Crippen molar-refractivity contribution in [2.75, 3.05) is 26.3 Å². The van der Waals surface area contributed by atoms with Crippen LogP contribution in [0.1, 0.15) is 5.56 Å². The molecule has 0 amide bonds. The van der Waals surface area contributed by atoms with E-state index >= 15 is 0 Å². The van der Waals surface area contributed by atoms with Gasteiger partial charge in [0.25, 0.3) is 0 Å². The van der Waals surface area contributed by atoms with Gasteiger partial charge < -0.3 is 13.0 Å². The highest BCUT2D eigenvalue weighted by Gasteiger charge is 2.39. The fourth-order valence-electron chi connectivity index (χ4n) is 3.55. The maximum Gasteiger partial charge on any atom is 0.314 e. The third-order valence-electron chi connectivity index (χ3n) is 4.44. The Morgan fingerprint density at radius 1 is 0.897 bits per heavy atom. The second-order valence-corrected chi connectivity index (χ2v) is 24.5. The summed E-state index contributed by atoms with van der Waals surface area (Å²) in [7, 11) is -9.18. The lowest BCUT2D eigenvalue weighted by Gasteiger charge is -2.38. The second-order valence-electron chi connectivity index (χ2n) is 9.72. The maximum absolute atomic E-state index is 12.8. The molecular formula is C19H37NO5SSi3. The van der Waals surface area contributed by atoms with Crippen LogP contribution in [0.25, 0.3) is 0 Å². The monoisotopic (exact) mass is 475 g/mol. The van der Waals surface area contributed by atoms with Gasteiger partial charge in [-0.25, -0.2) is 8.42 Å². The molecule has 0 radical (unpaired) electrons. The first kappa shape index (κ1) is 24.9. The molecule has 0 saturated carbocycles. The molecule has 1 saturated heterocycles. The summed E-state index contributed by atoms with van der Waals surface area (Å²) in [4.78, 5) is 0.347. The first-order valence-electron chi connectivity index (χ1n) is 10.3. The van der Waals surface area contributed by atoms with Crippen molar-refractivity contribution in [1.82, 2.24) is 4.31 Å². The molecule has 1 aromatic rings. The molecule has 0 spiro atoms. The van der Waals surface area contributed by atoms with Crippen LogP contribution >= 0.6 is 0 Å². The highest BCUT2D eigenvalue weighted by Crippen LogP contribution is 2.26. The number of benzene rings is 1. The third-order valence-corrected chi connectivity index (χ3v) is 15.9. The van der Waals surface area contributed by atoms with Gasteiger partial charge in [-0.2, -0.15) is 4.31 Å². The molecule has 1 fully saturated rings. The summed E-state index contributed by atoms with van der Waals surface area (Å²) >= 11 is 0. The van der Waals surface area contributed by atoms with Gasteiger partial charge in [0.1, 0.15) is 0 Å². The Balaban J connectivity index is 2.09. The highest BCUT2D eigenvalue weighted by molar-refractivity contribution is 7.89. The molecule has 0 aromatic heterocycles. The number of hydrogen-bond donors (Lipinski definition) is 0. The van der Waals surface area contributed by atoms with Gasteiger partial charge in [0.2, 0.25) is 10.0 Å². The van der Waals surface area contributed by atoms with Crippen LogP contribution in [0.4, 0.5) is 0 Å². The molecule has 1 aliphatic rings. The Morgan fingerprint density at radius 3 is 1.83 bits per heavy atom. The Hall–Kier alpha value is -0.339. The number of sulfonamides is 1. The Morgan fingerprint density at radius 2 is 1.38 bits per heavy atom. The average Bonchev–Trinajstić information content (AvgIpc) is 2.58. The Bertz CT molecular complexity index is 751. The van der Waals surface area contributed by atoms with Gasteiger partial charge in [-0.15, -0.1) is 0 Å². The van der Waals surface area contributed by atoms with E-state index in [0.717, 1.165) is 18.0 Å². The molecule has 0 N–H and O–H groups in total. The fraction of sp³-hybridized carbons (Fsp3) is 0.684. The first-order valence-corrected chi connectivity index (χ1v) is 21.1. The lowest BCUT2D eigenvalue weighted by Crippen LogP contribution is -2.52. The third kappa shape index (κ3) is 8.02. The van der Waals surface area contributed by atoms with Gasteiger partial charge in [0.15, 0.2) is 16.6 Å². The van der Waals surface area contributed by atoms with Crippen molar-refractivity contribution >= 4 is 35.2 Å². The molecule has 10 heteroatoms. The molecule has 6 nitrogen and oxygen atoms in total. The zero-order valence-electron chi connectivity index (χ0n) is 18.9. The summed E-state index contributed by atoms with van der Waals surface area (Å²) in [5.41, 5.74) is 1.11. The topological polar surface area (TPSA) is 65.1 Å². The van der Waals surface area contributed by atoms with Crippen LogP contribution in [0.3, 0.4) is 0 Å². The summed E-state index contributed by atoms with van der Waals surface area (Å²) in [6.07, 6.45) is 0.829. The van der Waals surface area contributed by atoms with Crippen molar-refractivity contribution in [2.45, 2.75) is 63.2 Å². The SMILES string of the molecule is C[Si](C)(C)O[Si](C)(CCc1ccc(S(=O)(=O)N2CCOCC2)cc1)O[Si](C)(C)C. The predicted octanol–water partition coefficient (Wildman–Crippen LogP) is 4.03. The molecule has 0 bridgehead atoms. The zero-order chi connectivity index (χ0) is 21.9. The van der Waals surface area contributed by atoms with Crippen molar-refractivity contribution < 1.29 is 21.4 Å². The molecule has 1 aromatic carbocycles. The van der Waals surface area contributed by atoms with Gasteiger partial charge in [0.05, 0.1) is 18.1 Å². The van der Waals surface area contributed by atoms with E-state index in [1.807, 2.05) is 12.1 Å². The van der Waals surface area contributed by atoms with E-state index in [1.54, 1.807) is 12.1 Å². The van der Waals surface area contributed by atoms with E-state index in [0.29, 0.717) is 31.2 Å². The van der Waals surface area contributed by atoms with E-state index in [1.165, 1.54) is 4.31 Å². The van der Waals surface area contributed by atoms with E-state index in [2.05, 4.69) is 45.8 Å². The molecule has 1 heterocycles. The fourth-order valence-corrected chi connectivity index (χ4v) is 17.4. The quantitative estimate of drug-likeness (QED) is 0.505. The Kier molecular flexibility index (Phi) is 8.11. The summed E-state index contributed by atoms with van der Waals surface area (Å²) in [5.74, 6) is 0. The minimum Gasteiger partial charge on any atom is -0.437 e. The van der Waals surface area contributed by atoms with Gasteiger partial charge in [-0.3, -0.25) is 0 Å². The molecule has 2 rings (SSSR count). The van der Waals surface area contributed by atoms with Crippen molar-refractivity contribution in [3.05, 3.63) is 29.8 Å². The van der Waals surface area contributed by atoms with Crippen LogP contribution in [-0.2, 0) is 29.4 Å². The summed E-state index contributed by atoms with van der Waals surface area (Å²) < 4.78 is 45.4. The molecule has 0 atom stereocenters. The van der Waals surface area contributed by atoms with E-state index in [9.17, 15) is 8.42 Å². The van der Waals surface area contributed by atoms with Crippen LogP contribution in [-0.4, -0.2) is 64.2 Å². The van der Waals surface area contributed by atoms with Crippen LogP contribution in [0, 0.1) is 0 Å². The maximum atomic E-state index is 12.8. The smallest absolute Gasteiger partial charge is 0.314 e. The number of ether oxygens (including phenoxy) is 1. The summed E-state index contributed by atoms with van der Waals surface area (Å²) in [6.45, 7) is 17.1. The largest absolute Gasteiger partial charge is 0.437 e. The van der Waals surface area contributed by atoms with Gasteiger partial charge in [0, 0.05) is 13.1 Å².